The van der Waals surface area contributed by atoms with Gasteiger partial charge >= 0.3 is 0 Å². The molecule has 0 spiro atoms. The molecule has 7 heteroatoms. The Balaban J connectivity index is 1.71. The van der Waals surface area contributed by atoms with E-state index in [1.54, 1.807) is 18.2 Å². The Bertz CT molecular complexity index is 1080. The number of allylic oxidation sites excluding steroid dienone is 2. The number of nitrogens with one attached hydrogen (secondary N) is 2. The molecule has 3 N–H and O–H groups in total. The van der Waals surface area contributed by atoms with E-state index < -0.39 is 10.0 Å². The van der Waals surface area contributed by atoms with E-state index in [1.165, 1.54) is 7.11 Å². The lowest BCUT2D eigenvalue weighted by Gasteiger charge is -2.38. The number of sulfonamides is 1. The standard InChI is InChI=1S/C23H28N2O4S/c1-4-14(2)25-30(27,28)16-9-10-20-19(13-16)17-6-5-7-18(17)23(24-20)15-8-11-21(26)22(12-15)29-3/h5-6,8-14,17-18,23-26H,4,7H2,1-3H3. The summed E-state index contributed by atoms with van der Waals surface area (Å²) in [5, 5.41) is 13.5. The van der Waals surface area contributed by atoms with Gasteiger partial charge in [-0.25, -0.2) is 13.1 Å². The lowest BCUT2D eigenvalue weighted by molar-refractivity contribution is 0.370. The molecule has 0 saturated carbocycles. The number of rotatable bonds is 6. The van der Waals surface area contributed by atoms with Gasteiger partial charge in [-0.1, -0.05) is 25.1 Å². The summed E-state index contributed by atoms with van der Waals surface area (Å²) >= 11 is 0. The molecular formula is C23H28N2O4S. The molecule has 4 atom stereocenters. The molecule has 0 amide bonds. The third-order valence-electron chi connectivity index (χ3n) is 6.18. The van der Waals surface area contributed by atoms with Crippen LogP contribution in [0.1, 0.15) is 49.8 Å². The Morgan fingerprint density at radius 2 is 2.07 bits per heavy atom. The minimum Gasteiger partial charge on any atom is -0.504 e. The van der Waals surface area contributed by atoms with E-state index in [4.69, 9.17) is 4.74 Å². The van der Waals surface area contributed by atoms with Gasteiger partial charge in [0.05, 0.1) is 18.0 Å². The fourth-order valence-electron chi connectivity index (χ4n) is 4.37. The van der Waals surface area contributed by atoms with Crippen LogP contribution in [0.25, 0.3) is 0 Å². The van der Waals surface area contributed by atoms with Crippen molar-refractivity contribution in [2.24, 2.45) is 5.92 Å². The molecule has 2 aliphatic rings. The van der Waals surface area contributed by atoms with Crippen LogP contribution in [0.3, 0.4) is 0 Å². The molecule has 0 radical (unpaired) electrons. The van der Waals surface area contributed by atoms with Crippen LogP contribution >= 0.6 is 0 Å². The van der Waals surface area contributed by atoms with Crippen molar-refractivity contribution in [3.05, 3.63) is 59.7 Å². The third kappa shape index (κ3) is 3.68. The topological polar surface area (TPSA) is 87.7 Å². The smallest absolute Gasteiger partial charge is 0.240 e. The van der Waals surface area contributed by atoms with Crippen molar-refractivity contribution < 1.29 is 18.3 Å². The van der Waals surface area contributed by atoms with E-state index in [0.717, 1.165) is 29.7 Å². The van der Waals surface area contributed by atoms with E-state index in [2.05, 4.69) is 22.2 Å². The number of ether oxygens (including phenoxy) is 1. The van der Waals surface area contributed by atoms with Crippen molar-refractivity contribution in [1.29, 1.82) is 0 Å². The Labute approximate surface area is 178 Å². The molecule has 2 aromatic rings. The highest BCUT2D eigenvalue weighted by Gasteiger charge is 2.38. The molecule has 0 saturated heterocycles. The number of methoxy groups -OCH3 is 1. The van der Waals surface area contributed by atoms with E-state index in [-0.39, 0.29) is 29.7 Å². The second-order valence-electron chi connectivity index (χ2n) is 8.09. The molecule has 160 valence electrons. The van der Waals surface area contributed by atoms with Crippen molar-refractivity contribution in [2.75, 3.05) is 12.4 Å². The Hall–Kier alpha value is -2.51. The average Bonchev–Trinajstić information content (AvgIpc) is 3.23. The highest BCUT2D eigenvalue weighted by Crippen LogP contribution is 2.50. The summed E-state index contributed by atoms with van der Waals surface area (Å²) in [5.41, 5.74) is 2.97. The van der Waals surface area contributed by atoms with Gasteiger partial charge in [-0.15, -0.1) is 0 Å². The monoisotopic (exact) mass is 428 g/mol. The first-order valence-corrected chi connectivity index (χ1v) is 11.8. The molecule has 30 heavy (non-hydrogen) atoms. The second kappa shape index (κ2) is 7.96. The SMILES string of the molecule is CCC(C)NS(=O)(=O)c1ccc2c(c1)C1C=CCC1C(c1ccc(O)c(OC)c1)N2. The maximum Gasteiger partial charge on any atom is 0.240 e. The number of anilines is 1. The summed E-state index contributed by atoms with van der Waals surface area (Å²) in [7, 11) is -2.02. The minimum atomic E-state index is -3.56. The largest absolute Gasteiger partial charge is 0.504 e. The normalized spacial score (nSPS) is 23.4. The van der Waals surface area contributed by atoms with Crippen LogP contribution in [0.4, 0.5) is 5.69 Å². The molecule has 4 rings (SSSR count). The summed E-state index contributed by atoms with van der Waals surface area (Å²) in [6.45, 7) is 3.82. The molecule has 2 aromatic carbocycles. The van der Waals surface area contributed by atoms with Crippen LogP contribution in [0.5, 0.6) is 11.5 Å². The van der Waals surface area contributed by atoms with Crippen LogP contribution in [0.2, 0.25) is 0 Å². The molecule has 0 bridgehead atoms. The van der Waals surface area contributed by atoms with Crippen molar-refractivity contribution in [3.63, 3.8) is 0 Å². The minimum absolute atomic E-state index is 0.0349. The van der Waals surface area contributed by atoms with Crippen LogP contribution in [0, 0.1) is 5.92 Å². The van der Waals surface area contributed by atoms with Crippen LogP contribution in [0.15, 0.2) is 53.4 Å². The first kappa shape index (κ1) is 20.8. The zero-order valence-electron chi connectivity index (χ0n) is 17.4. The molecule has 0 fully saturated rings. The molecule has 4 unspecified atom stereocenters. The predicted octanol–water partition coefficient (Wildman–Crippen LogP) is 4.30. The van der Waals surface area contributed by atoms with Crippen LogP contribution in [-0.2, 0) is 10.0 Å². The van der Waals surface area contributed by atoms with Gasteiger partial charge in [0.15, 0.2) is 11.5 Å². The number of benzene rings is 2. The summed E-state index contributed by atoms with van der Waals surface area (Å²) in [5.74, 6) is 0.944. The first-order valence-electron chi connectivity index (χ1n) is 10.3. The predicted molar refractivity (Wildman–Crippen MR) is 118 cm³/mol. The van der Waals surface area contributed by atoms with Crippen molar-refractivity contribution in [1.82, 2.24) is 4.72 Å². The highest BCUT2D eigenvalue weighted by atomic mass is 32.2. The van der Waals surface area contributed by atoms with E-state index in [1.807, 2.05) is 32.0 Å². The summed E-state index contributed by atoms with van der Waals surface area (Å²) in [4.78, 5) is 0.298. The molecule has 1 aliphatic heterocycles. The van der Waals surface area contributed by atoms with Crippen molar-refractivity contribution in [2.45, 2.75) is 49.6 Å². The quantitative estimate of drug-likeness (QED) is 0.597. The average molecular weight is 429 g/mol. The van der Waals surface area contributed by atoms with Gasteiger partial charge in [0.1, 0.15) is 0 Å². The number of aromatic hydroxyl groups is 1. The van der Waals surface area contributed by atoms with Crippen LogP contribution < -0.4 is 14.8 Å². The second-order valence-corrected chi connectivity index (χ2v) is 9.80. The summed E-state index contributed by atoms with van der Waals surface area (Å²) < 4.78 is 33.6. The van der Waals surface area contributed by atoms with Crippen molar-refractivity contribution in [3.8, 4) is 11.5 Å². The van der Waals surface area contributed by atoms with Gasteiger partial charge in [0.25, 0.3) is 0 Å². The molecule has 6 nitrogen and oxygen atoms in total. The summed E-state index contributed by atoms with van der Waals surface area (Å²) in [6, 6.07) is 10.7. The maximum atomic E-state index is 12.8. The number of hydrogen-bond acceptors (Lipinski definition) is 5. The van der Waals surface area contributed by atoms with Gasteiger partial charge in [0, 0.05) is 17.6 Å². The fraction of sp³-hybridized carbons (Fsp3) is 0.391. The van der Waals surface area contributed by atoms with Gasteiger partial charge in [-0.2, -0.15) is 0 Å². The number of hydrogen-bond donors (Lipinski definition) is 3. The van der Waals surface area contributed by atoms with E-state index >= 15 is 0 Å². The van der Waals surface area contributed by atoms with Gasteiger partial charge in [-0.3, -0.25) is 0 Å². The lowest BCUT2D eigenvalue weighted by Crippen LogP contribution is -2.33. The molecule has 0 aromatic heterocycles. The van der Waals surface area contributed by atoms with Gasteiger partial charge in [-0.05, 0) is 67.1 Å². The molecule has 1 heterocycles. The highest BCUT2D eigenvalue weighted by molar-refractivity contribution is 7.89. The number of phenolic OH excluding ortho intramolecular Hbond substituents is 1. The Kier molecular flexibility index (Phi) is 5.51. The zero-order chi connectivity index (χ0) is 21.5. The van der Waals surface area contributed by atoms with E-state index in [0.29, 0.717) is 10.6 Å². The Morgan fingerprint density at radius 3 is 2.80 bits per heavy atom. The molecule has 1 aliphatic carbocycles. The van der Waals surface area contributed by atoms with E-state index in [9.17, 15) is 13.5 Å². The van der Waals surface area contributed by atoms with Crippen LogP contribution in [-0.4, -0.2) is 26.7 Å². The third-order valence-corrected chi connectivity index (χ3v) is 7.76. The Morgan fingerprint density at radius 1 is 1.27 bits per heavy atom. The van der Waals surface area contributed by atoms with Gasteiger partial charge < -0.3 is 15.2 Å². The zero-order valence-corrected chi connectivity index (χ0v) is 18.2. The maximum absolute atomic E-state index is 12.8. The summed E-state index contributed by atoms with van der Waals surface area (Å²) in [6.07, 6.45) is 5.97. The number of fused-ring (bicyclic) bond motifs is 3. The lowest BCUT2D eigenvalue weighted by atomic mass is 9.77. The number of phenols is 1. The van der Waals surface area contributed by atoms with Gasteiger partial charge in [0.2, 0.25) is 10.0 Å². The first-order chi connectivity index (χ1) is 14.3. The van der Waals surface area contributed by atoms with Crippen molar-refractivity contribution >= 4 is 15.7 Å². The molecular weight excluding hydrogens is 400 g/mol. The fourth-order valence-corrected chi connectivity index (χ4v) is 5.74.